The lowest BCUT2D eigenvalue weighted by molar-refractivity contribution is -0.136. The molecule has 0 aliphatic carbocycles. The normalized spacial score (nSPS) is 13.3. The van der Waals surface area contributed by atoms with Crippen LogP contribution in [0.25, 0.3) is 0 Å². The summed E-state index contributed by atoms with van der Waals surface area (Å²) in [5.41, 5.74) is 2.54. The van der Waals surface area contributed by atoms with Crippen molar-refractivity contribution < 1.29 is 15.0 Å². The molecular formula is C23H30O3. The highest BCUT2D eigenvalue weighted by Gasteiger charge is 2.22. The lowest BCUT2D eigenvalue weighted by atomic mass is 9.98. The van der Waals surface area contributed by atoms with Crippen molar-refractivity contribution in [2.75, 3.05) is 0 Å². The molecule has 3 nitrogen and oxygen atoms in total. The number of hydrogen-bond acceptors (Lipinski definition) is 3. The molecule has 2 N–H and O–H groups in total. The number of carbonyl (C=O) groups excluding carboxylic acids is 1. The van der Waals surface area contributed by atoms with Crippen LogP contribution in [-0.4, -0.2) is 28.2 Å². The number of rotatable bonds is 12. The summed E-state index contributed by atoms with van der Waals surface area (Å²) in [7, 11) is 0. The second-order valence-corrected chi connectivity index (χ2v) is 6.90. The van der Waals surface area contributed by atoms with Gasteiger partial charge in [0.25, 0.3) is 0 Å². The molecule has 2 rings (SSSR count). The van der Waals surface area contributed by atoms with E-state index in [0.717, 1.165) is 38.5 Å². The van der Waals surface area contributed by atoms with Gasteiger partial charge in [0.15, 0.2) is 5.78 Å². The van der Waals surface area contributed by atoms with Crippen LogP contribution in [0.1, 0.15) is 49.7 Å². The van der Waals surface area contributed by atoms with Gasteiger partial charge in [0.2, 0.25) is 0 Å². The minimum atomic E-state index is -1.05. The molecule has 0 aliphatic rings. The van der Waals surface area contributed by atoms with Crippen molar-refractivity contribution in [2.24, 2.45) is 0 Å². The number of hydrogen-bond donors (Lipinski definition) is 2. The minimum Gasteiger partial charge on any atom is -0.385 e. The lowest BCUT2D eigenvalue weighted by Crippen LogP contribution is -2.32. The molecule has 140 valence electrons. The van der Waals surface area contributed by atoms with Gasteiger partial charge < -0.3 is 10.2 Å². The van der Waals surface area contributed by atoms with E-state index >= 15 is 0 Å². The fourth-order valence-electron chi connectivity index (χ4n) is 3.13. The molecule has 0 bridgehead atoms. The number of aliphatic hydroxyl groups is 2. The molecule has 0 saturated heterocycles. The highest BCUT2D eigenvalue weighted by Crippen LogP contribution is 2.12. The van der Waals surface area contributed by atoms with Crippen LogP contribution < -0.4 is 0 Å². The zero-order chi connectivity index (χ0) is 18.6. The van der Waals surface area contributed by atoms with Crippen LogP contribution in [0.3, 0.4) is 0 Å². The fourth-order valence-corrected chi connectivity index (χ4v) is 3.13. The van der Waals surface area contributed by atoms with Gasteiger partial charge in [-0.2, -0.15) is 0 Å². The van der Waals surface area contributed by atoms with Gasteiger partial charge in [0, 0.05) is 0 Å². The summed E-state index contributed by atoms with van der Waals surface area (Å²) < 4.78 is 0. The Morgan fingerprint density at radius 2 is 1.04 bits per heavy atom. The summed E-state index contributed by atoms with van der Waals surface area (Å²) in [6, 6.07) is 20.4. The van der Waals surface area contributed by atoms with Crippen LogP contribution in [0.4, 0.5) is 0 Å². The Labute approximate surface area is 156 Å². The van der Waals surface area contributed by atoms with Gasteiger partial charge in [-0.15, -0.1) is 0 Å². The summed E-state index contributed by atoms with van der Waals surface area (Å²) in [5.74, 6) is -0.426. The maximum Gasteiger partial charge on any atom is 0.189 e. The van der Waals surface area contributed by atoms with E-state index in [4.69, 9.17) is 0 Å². The largest absolute Gasteiger partial charge is 0.385 e. The fraction of sp³-hybridized carbons (Fsp3) is 0.435. The molecule has 2 aromatic carbocycles. The van der Waals surface area contributed by atoms with Crippen LogP contribution in [0.5, 0.6) is 0 Å². The standard InChI is InChI=1S/C23H30O3/c24-21(17-9-7-15-19-11-3-1-4-12-19)23(26)22(25)18-10-8-16-20-13-5-2-6-14-20/h1-6,11-14,21-22,24-25H,7-10,15-18H2. The van der Waals surface area contributed by atoms with Gasteiger partial charge in [-0.3, -0.25) is 4.79 Å². The highest BCUT2D eigenvalue weighted by atomic mass is 16.3. The van der Waals surface area contributed by atoms with Crippen molar-refractivity contribution in [3.63, 3.8) is 0 Å². The molecule has 2 unspecified atom stereocenters. The van der Waals surface area contributed by atoms with Crippen molar-refractivity contribution in [3.05, 3.63) is 71.8 Å². The van der Waals surface area contributed by atoms with E-state index in [-0.39, 0.29) is 0 Å². The predicted molar refractivity (Wildman–Crippen MR) is 105 cm³/mol. The van der Waals surface area contributed by atoms with Crippen molar-refractivity contribution in [1.29, 1.82) is 0 Å². The molecule has 26 heavy (non-hydrogen) atoms. The Morgan fingerprint density at radius 1 is 0.654 bits per heavy atom. The van der Waals surface area contributed by atoms with E-state index < -0.39 is 18.0 Å². The van der Waals surface area contributed by atoms with Gasteiger partial charge in [0.1, 0.15) is 12.2 Å². The molecule has 0 aliphatic heterocycles. The van der Waals surface area contributed by atoms with Gasteiger partial charge in [-0.1, -0.05) is 73.5 Å². The number of ketones is 1. The first kappa shape index (κ1) is 20.3. The molecule has 3 heteroatoms. The third kappa shape index (κ3) is 7.51. The van der Waals surface area contributed by atoms with Crippen LogP contribution in [0, 0.1) is 0 Å². The number of aryl methyl sites for hydroxylation is 2. The monoisotopic (exact) mass is 354 g/mol. The Balaban J connectivity index is 1.57. The molecular weight excluding hydrogens is 324 g/mol. The third-order valence-electron chi connectivity index (χ3n) is 4.73. The highest BCUT2D eigenvalue weighted by molar-refractivity contribution is 5.86. The summed E-state index contributed by atoms with van der Waals surface area (Å²) in [5, 5.41) is 20.0. The van der Waals surface area contributed by atoms with Crippen molar-refractivity contribution in [2.45, 2.75) is 63.6 Å². The van der Waals surface area contributed by atoms with E-state index in [9.17, 15) is 15.0 Å². The first-order valence-corrected chi connectivity index (χ1v) is 9.64. The van der Waals surface area contributed by atoms with Crippen molar-refractivity contribution in [1.82, 2.24) is 0 Å². The number of Topliss-reactive ketones (excluding diaryl/α,β-unsaturated/α-hetero) is 1. The van der Waals surface area contributed by atoms with Crippen LogP contribution in [0.15, 0.2) is 60.7 Å². The third-order valence-corrected chi connectivity index (χ3v) is 4.73. The molecule has 0 fully saturated rings. The smallest absolute Gasteiger partial charge is 0.189 e. The second-order valence-electron chi connectivity index (χ2n) is 6.90. The molecule has 0 amide bonds. The first-order valence-electron chi connectivity index (χ1n) is 9.64. The van der Waals surface area contributed by atoms with Crippen LogP contribution in [0.2, 0.25) is 0 Å². The summed E-state index contributed by atoms with van der Waals surface area (Å²) in [4.78, 5) is 12.1. The zero-order valence-electron chi connectivity index (χ0n) is 15.4. The number of aliphatic hydroxyl groups excluding tert-OH is 2. The average molecular weight is 354 g/mol. The zero-order valence-corrected chi connectivity index (χ0v) is 15.4. The SMILES string of the molecule is O=C(C(O)CCCCc1ccccc1)C(O)CCCCc1ccccc1. The molecule has 2 atom stereocenters. The predicted octanol–water partition coefficient (Wildman–Crippen LogP) is 4.10. The quantitative estimate of drug-likeness (QED) is 0.564. The molecule has 0 spiro atoms. The summed E-state index contributed by atoms with van der Waals surface area (Å²) in [6.07, 6.45) is 4.08. The number of carbonyl (C=O) groups is 1. The van der Waals surface area contributed by atoms with Gasteiger partial charge in [-0.25, -0.2) is 0 Å². The maximum absolute atomic E-state index is 12.1. The van der Waals surface area contributed by atoms with E-state index in [1.54, 1.807) is 0 Å². The Morgan fingerprint density at radius 3 is 1.42 bits per heavy atom. The topological polar surface area (TPSA) is 57.5 Å². The van der Waals surface area contributed by atoms with Gasteiger partial charge in [-0.05, 0) is 49.7 Å². The average Bonchev–Trinajstić information content (AvgIpc) is 2.69. The van der Waals surface area contributed by atoms with Gasteiger partial charge in [0.05, 0.1) is 0 Å². The van der Waals surface area contributed by atoms with E-state index in [1.807, 2.05) is 36.4 Å². The molecule has 2 aromatic rings. The molecule has 0 saturated carbocycles. The van der Waals surface area contributed by atoms with Crippen LogP contribution in [-0.2, 0) is 17.6 Å². The Kier molecular flexibility index (Phi) is 9.08. The van der Waals surface area contributed by atoms with Crippen molar-refractivity contribution >= 4 is 5.78 Å². The molecule has 0 heterocycles. The molecule has 0 aromatic heterocycles. The number of benzene rings is 2. The summed E-state index contributed by atoms with van der Waals surface area (Å²) in [6.45, 7) is 0. The number of unbranched alkanes of at least 4 members (excludes halogenated alkanes) is 2. The minimum absolute atomic E-state index is 0.423. The van der Waals surface area contributed by atoms with Gasteiger partial charge >= 0.3 is 0 Å². The maximum atomic E-state index is 12.1. The van der Waals surface area contributed by atoms with E-state index in [2.05, 4.69) is 24.3 Å². The molecule has 0 radical (unpaired) electrons. The lowest BCUT2D eigenvalue weighted by Gasteiger charge is -2.14. The van der Waals surface area contributed by atoms with E-state index in [0.29, 0.717) is 12.8 Å². The summed E-state index contributed by atoms with van der Waals surface area (Å²) >= 11 is 0. The Bertz CT molecular complexity index is 569. The Hall–Kier alpha value is -1.97. The second kappa shape index (κ2) is 11.6. The first-order chi connectivity index (χ1) is 12.7. The van der Waals surface area contributed by atoms with Crippen molar-refractivity contribution in [3.8, 4) is 0 Å². The van der Waals surface area contributed by atoms with E-state index in [1.165, 1.54) is 11.1 Å². The van der Waals surface area contributed by atoms with Crippen LogP contribution >= 0.6 is 0 Å².